The molecule has 4 nitrogen and oxygen atoms in total. The summed E-state index contributed by atoms with van der Waals surface area (Å²) >= 11 is 3.28. The number of hydrogen-bond donors (Lipinski definition) is 0. The van der Waals surface area contributed by atoms with Crippen molar-refractivity contribution in [2.75, 3.05) is 6.61 Å². The van der Waals surface area contributed by atoms with Crippen molar-refractivity contribution in [2.45, 2.75) is 20.0 Å². The van der Waals surface area contributed by atoms with Crippen LogP contribution in [0.3, 0.4) is 0 Å². The Morgan fingerprint density at radius 3 is 3.06 bits per heavy atom. The highest BCUT2D eigenvalue weighted by Gasteiger charge is 2.05. The first-order valence-electron chi connectivity index (χ1n) is 5.25. The van der Waals surface area contributed by atoms with Gasteiger partial charge in [0.05, 0.1) is 6.61 Å². The SMILES string of the molecule is CCOC(=O)/C=C/[C@@H](C)Oc1cccnc1Br. The minimum Gasteiger partial charge on any atom is -0.484 e. The van der Waals surface area contributed by atoms with Crippen molar-refractivity contribution in [3.63, 3.8) is 0 Å². The third-order valence-electron chi connectivity index (χ3n) is 1.83. The van der Waals surface area contributed by atoms with Gasteiger partial charge in [-0.2, -0.15) is 0 Å². The van der Waals surface area contributed by atoms with Crippen LogP contribution in [0.4, 0.5) is 0 Å². The van der Waals surface area contributed by atoms with Gasteiger partial charge in [0.1, 0.15) is 10.7 Å². The maximum Gasteiger partial charge on any atom is 0.330 e. The Kier molecular flexibility index (Phi) is 5.69. The maximum atomic E-state index is 11.1. The lowest BCUT2D eigenvalue weighted by Gasteiger charge is -2.11. The van der Waals surface area contributed by atoms with Gasteiger partial charge in [-0.15, -0.1) is 0 Å². The van der Waals surface area contributed by atoms with Crippen molar-refractivity contribution in [1.29, 1.82) is 0 Å². The summed E-state index contributed by atoms with van der Waals surface area (Å²) in [6, 6.07) is 3.58. The minimum absolute atomic E-state index is 0.236. The van der Waals surface area contributed by atoms with E-state index in [0.717, 1.165) is 0 Å². The molecule has 0 N–H and O–H groups in total. The second kappa shape index (κ2) is 7.06. The molecule has 1 heterocycles. The van der Waals surface area contributed by atoms with Crippen LogP contribution in [0.1, 0.15) is 13.8 Å². The zero-order valence-electron chi connectivity index (χ0n) is 9.72. The number of halogens is 1. The average Bonchev–Trinajstić information content (AvgIpc) is 2.30. The van der Waals surface area contributed by atoms with Gasteiger partial charge in [0.25, 0.3) is 0 Å². The fourth-order valence-corrected chi connectivity index (χ4v) is 1.45. The van der Waals surface area contributed by atoms with Crippen molar-refractivity contribution in [1.82, 2.24) is 4.98 Å². The fraction of sp³-hybridized carbons (Fsp3) is 0.333. The molecular weight excluding hydrogens is 286 g/mol. The number of carbonyl (C=O) groups is 1. The largest absolute Gasteiger partial charge is 0.484 e. The van der Waals surface area contributed by atoms with Gasteiger partial charge in [-0.05, 0) is 48.0 Å². The van der Waals surface area contributed by atoms with Crippen LogP contribution < -0.4 is 4.74 Å². The van der Waals surface area contributed by atoms with E-state index in [4.69, 9.17) is 9.47 Å². The molecule has 0 aliphatic rings. The van der Waals surface area contributed by atoms with Gasteiger partial charge in [-0.25, -0.2) is 9.78 Å². The maximum absolute atomic E-state index is 11.1. The molecule has 0 saturated carbocycles. The van der Waals surface area contributed by atoms with E-state index in [2.05, 4.69) is 20.9 Å². The minimum atomic E-state index is -0.367. The van der Waals surface area contributed by atoms with E-state index in [1.165, 1.54) is 6.08 Å². The third kappa shape index (κ3) is 4.99. The van der Waals surface area contributed by atoms with E-state index in [1.54, 1.807) is 31.3 Å². The molecule has 92 valence electrons. The summed E-state index contributed by atoms with van der Waals surface area (Å²) in [5.41, 5.74) is 0. The van der Waals surface area contributed by atoms with Gasteiger partial charge in [0.15, 0.2) is 5.75 Å². The summed E-state index contributed by atoms with van der Waals surface area (Å²) in [7, 11) is 0. The van der Waals surface area contributed by atoms with Crippen LogP contribution in [0.2, 0.25) is 0 Å². The Labute approximate surface area is 109 Å². The van der Waals surface area contributed by atoms with Crippen LogP contribution in [0, 0.1) is 0 Å². The lowest BCUT2D eigenvalue weighted by atomic mass is 10.3. The highest BCUT2D eigenvalue weighted by molar-refractivity contribution is 9.10. The van der Waals surface area contributed by atoms with E-state index in [0.29, 0.717) is 17.0 Å². The zero-order chi connectivity index (χ0) is 12.7. The zero-order valence-corrected chi connectivity index (χ0v) is 11.3. The molecule has 1 atom stereocenters. The van der Waals surface area contributed by atoms with E-state index in [-0.39, 0.29) is 12.1 Å². The Bertz CT molecular complexity index is 406. The average molecular weight is 300 g/mol. The second-order valence-electron chi connectivity index (χ2n) is 3.23. The summed E-state index contributed by atoms with van der Waals surface area (Å²) < 4.78 is 11.0. The van der Waals surface area contributed by atoms with Crippen LogP contribution in [-0.4, -0.2) is 23.7 Å². The van der Waals surface area contributed by atoms with Crippen molar-refractivity contribution in [3.05, 3.63) is 35.1 Å². The normalized spacial score (nSPS) is 12.4. The number of nitrogens with zero attached hydrogens (tertiary/aromatic N) is 1. The summed E-state index contributed by atoms with van der Waals surface area (Å²) in [5.74, 6) is 0.265. The number of pyridine rings is 1. The smallest absolute Gasteiger partial charge is 0.330 e. The molecule has 0 aliphatic heterocycles. The molecule has 0 aliphatic carbocycles. The molecule has 5 heteroatoms. The molecule has 0 aromatic carbocycles. The molecular formula is C12H14BrNO3. The summed E-state index contributed by atoms with van der Waals surface area (Å²) in [6.45, 7) is 3.96. The highest BCUT2D eigenvalue weighted by Crippen LogP contribution is 2.22. The first-order valence-corrected chi connectivity index (χ1v) is 6.05. The van der Waals surface area contributed by atoms with Crippen molar-refractivity contribution in [3.8, 4) is 5.75 Å². The highest BCUT2D eigenvalue weighted by atomic mass is 79.9. The van der Waals surface area contributed by atoms with Crippen molar-refractivity contribution >= 4 is 21.9 Å². The Morgan fingerprint density at radius 1 is 1.65 bits per heavy atom. The van der Waals surface area contributed by atoms with Crippen molar-refractivity contribution in [2.24, 2.45) is 0 Å². The first-order chi connectivity index (χ1) is 8.13. The van der Waals surface area contributed by atoms with E-state index in [1.807, 2.05) is 6.92 Å². The molecule has 1 aromatic heterocycles. The standard InChI is InChI=1S/C12H14BrNO3/c1-3-16-11(15)7-6-9(2)17-10-5-4-8-14-12(10)13/h4-9H,3H2,1-2H3/b7-6+/t9-/m1/s1. The van der Waals surface area contributed by atoms with Gasteiger partial charge in [0.2, 0.25) is 0 Å². The lowest BCUT2D eigenvalue weighted by Crippen LogP contribution is -2.10. The number of rotatable bonds is 5. The number of aromatic nitrogens is 1. The number of hydrogen-bond acceptors (Lipinski definition) is 4. The van der Waals surface area contributed by atoms with Gasteiger partial charge < -0.3 is 9.47 Å². The molecule has 0 bridgehead atoms. The van der Waals surface area contributed by atoms with E-state index < -0.39 is 0 Å². The summed E-state index contributed by atoms with van der Waals surface area (Å²) in [6.07, 6.45) is 4.42. The van der Waals surface area contributed by atoms with Crippen LogP contribution in [0.25, 0.3) is 0 Å². The molecule has 0 fully saturated rings. The van der Waals surface area contributed by atoms with Gasteiger partial charge in [-0.1, -0.05) is 0 Å². The summed E-state index contributed by atoms with van der Waals surface area (Å²) in [5, 5.41) is 0. The van der Waals surface area contributed by atoms with Gasteiger partial charge >= 0.3 is 5.97 Å². The predicted molar refractivity (Wildman–Crippen MR) is 67.8 cm³/mol. The van der Waals surface area contributed by atoms with Crippen LogP contribution >= 0.6 is 15.9 Å². The number of esters is 1. The molecule has 0 spiro atoms. The van der Waals surface area contributed by atoms with E-state index in [9.17, 15) is 4.79 Å². The van der Waals surface area contributed by atoms with Crippen LogP contribution in [0.15, 0.2) is 35.1 Å². The molecule has 0 radical (unpaired) electrons. The monoisotopic (exact) mass is 299 g/mol. The van der Waals surface area contributed by atoms with Crippen molar-refractivity contribution < 1.29 is 14.3 Å². The van der Waals surface area contributed by atoms with Gasteiger partial charge in [-0.3, -0.25) is 0 Å². The Morgan fingerprint density at radius 2 is 2.41 bits per heavy atom. The molecule has 0 amide bonds. The predicted octanol–water partition coefficient (Wildman–Crippen LogP) is 2.73. The lowest BCUT2D eigenvalue weighted by molar-refractivity contribution is -0.137. The number of ether oxygens (including phenoxy) is 2. The fourth-order valence-electron chi connectivity index (χ4n) is 1.10. The molecule has 1 aromatic rings. The third-order valence-corrected chi connectivity index (χ3v) is 2.42. The van der Waals surface area contributed by atoms with Crippen LogP contribution in [0.5, 0.6) is 5.75 Å². The van der Waals surface area contributed by atoms with E-state index >= 15 is 0 Å². The summed E-state index contributed by atoms with van der Waals surface area (Å²) in [4.78, 5) is 15.1. The molecule has 1 rings (SSSR count). The molecule has 0 saturated heterocycles. The first kappa shape index (κ1) is 13.7. The Hall–Kier alpha value is -1.36. The molecule has 17 heavy (non-hydrogen) atoms. The van der Waals surface area contributed by atoms with Gasteiger partial charge in [0, 0.05) is 12.3 Å². The topological polar surface area (TPSA) is 48.4 Å². The Balaban J connectivity index is 2.53. The second-order valence-corrected chi connectivity index (χ2v) is 3.98. The quantitative estimate of drug-likeness (QED) is 0.476. The molecule has 0 unspecified atom stereocenters. The number of carbonyl (C=O) groups excluding carboxylic acids is 1. The van der Waals surface area contributed by atoms with Crippen LogP contribution in [-0.2, 0) is 9.53 Å².